The monoisotopic (exact) mass is 235 g/mol. The third-order valence-electron chi connectivity index (χ3n) is 3.58. The van der Waals surface area contributed by atoms with Crippen LogP contribution in [0.3, 0.4) is 0 Å². The second-order valence-electron chi connectivity index (χ2n) is 4.90. The van der Waals surface area contributed by atoms with Crippen molar-refractivity contribution in [3.05, 3.63) is 0 Å². The maximum Gasteiger partial charge on any atom is 0.264 e. The Morgan fingerprint density at radius 1 is 1.33 bits per heavy atom. The van der Waals surface area contributed by atoms with Gasteiger partial charge in [0.15, 0.2) is 0 Å². The Labute approximate surface area is 92.0 Å². The van der Waals surface area contributed by atoms with Crippen LogP contribution >= 0.6 is 0 Å². The van der Waals surface area contributed by atoms with Crippen LogP contribution < -0.4 is 5.73 Å². The third-order valence-corrected chi connectivity index (χ3v) is 4.33. The predicted octanol–water partition coefficient (Wildman–Crippen LogP) is 1.56. The summed E-state index contributed by atoms with van der Waals surface area (Å²) in [5.41, 5.74) is 6.07. The van der Waals surface area contributed by atoms with Crippen molar-refractivity contribution in [1.29, 1.82) is 0 Å². The van der Waals surface area contributed by atoms with Gasteiger partial charge in [-0.15, -0.1) is 0 Å². The molecule has 1 atom stereocenters. The molecule has 15 heavy (non-hydrogen) atoms. The average molecular weight is 235 g/mol. The highest BCUT2D eigenvalue weighted by atomic mass is 32.2. The molecule has 1 rings (SSSR count). The van der Waals surface area contributed by atoms with E-state index in [2.05, 4.69) is 6.92 Å². The summed E-state index contributed by atoms with van der Waals surface area (Å²) in [5, 5.41) is 0. The molecule has 0 saturated heterocycles. The molecule has 4 nitrogen and oxygen atoms in total. The quantitative estimate of drug-likeness (QED) is 0.725. The minimum atomic E-state index is -3.86. The topological polar surface area (TPSA) is 80.4 Å². The molecule has 1 aliphatic carbocycles. The lowest BCUT2D eigenvalue weighted by Gasteiger charge is -2.38. The van der Waals surface area contributed by atoms with E-state index < -0.39 is 10.1 Å². The summed E-state index contributed by atoms with van der Waals surface area (Å²) < 4.78 is 29.9. The zero-order chi connectivity index (χ0) is 11.5. The summed E-state index contributed by atoms with van der Waals surface area (Å²) >= 11 is 0. The second-order valence-corrected chi connectivity index (χ2v) is 6.47. The minimum Gasteiger partial charge on any atom is -0.327 e. The van der Waals surface area contributed by atoms with Crippen molar-refractivity contribution in [3.8, 4) is 0 Å². The molecule has 0 aromatic carbocycles. The first-order valence-electron chi connectivity index (χ1n) is 5.54. The van der Waals surface area contributed by atoms with Crippen LogP contribution in [0.25, 0.3) is 0 Å². The summed E-state index contributed by atoms with van der Waals surface area (Å²) in [5.74, 6) is -0.218. The molecule has 0 aromatic heterocycles. The Morgan fingerprint density at radius 3 is 2.33 bits per heavy atom. The normalized spacial score (nSPS) is 23.7. The summed E-state index contributed by atoms with van der Waals surface area (Å²) in [6.07, 6.45) is 6.10. The molecule has 5 heteroatoms. The molecule has 1 fully saturated rings. The Kier molecular flexibility index (Phi) is 4.14. The zero-order valence-electron chi connectivity index (χ0n) is 9.28. The van der Waals surface area contributed by atoms with Crippen molar-refractivity contribution in [3.63, 3.8) is 0 Å². The Balaban J connectivity index is 2.48. The van der Waals surface area contributed by atoms with E-state index in [-0.39, 0.29) is 17.2 Å². The summed E-state index contributed by atoms with van der Waals surface area (Å²) in [4.78, 5) is 0. The van der Waals surface area contributed by atoms with E-state index in [0.29, 0.717) is 6.42 Å². The van der Waals surface area contributed by atoms with Gasteiger partial charge in [-0.05, 0) is 24.7 Å². The first-order valence-corrected chi connectivity index (χ1v) is 7.15. The van der Waals surface area contributed by atoms with E-state index >= 15 is 0 Å². The van der Waals surface area contributed by atoms with Crippen LogP contribution in [0.5, 0.6) is 0 Å². The number of hydrogen-bond acceptors (Lipinski definition) is 3. The minimum absolute atomic E-state index is 0.0585. The lowest BCUT2D eigenvalue weighted by Crippen LogP contribution is -2.42. The first-order chi connectivity index (χ1) is 6.83. The van der Waals surface area contributed by atoms with Gasteiger partial charge in [0.2, 0.25) is 0 Å². The SMILES string of the molecule is CC1(C(N)CCS(=O)(=O)O)CCCCC1. The van der Waals surface area contributed by atoms with E-state index in [0.717, 1.165) is 12.8 Å². The number of rotatable bonds is 4. The predicted molar refractivity (Wildman–Crippen MR) is 60.2 cm³/mol. The third kappa shape index (κ3) is 4.09. The summed E-state index contributed by atoms with van der Waals surface area (Å²) in [7, 11) is -3.86. The number of nitrogens with two attached hydrogens (primary N) is 1. The van der Waals surface area contributed by atoms with Gasteiger partial charge in [0.25, 0.3) is 10.1 Å². The van der Waals surface area contributed by atoms with Crippen LogP contribution in [-0.4, -0.2) is 24.8 Å². The van der Waals surface area contributed by atoms with E-state index in [1.165, 1.54) is 19.3 Å². The highest BCUT2D eigenvalue weighted by Crippen LogP contribution is 2.38. The van der Waals surface area contributed by atoms with Crippen LogP contribution in [0.2, 0.25) is 0 Å². The molecule has 90 valence electrons. The molecule has 0 bridgehead atoms. The van der Waals surface area contributed by atoms with Gasteiger partial charge >= 0.3 is 0 Å². The molecule has 1 saturated carbocycles. The first kappa shape index (κ1) is 12.9. The lowest BCUT2D eigenvalue weighted by atomic mass is 9.70. The van der Waals surface area contributed by atoms with Crippen molar-refractivity contribution in [1.82, 2.24) is 0 Å². The van der Waals surface area contributed by atoms with Crippen molar-refractivity contribution in [2.24, 2.45) is 11.1 Å². The highest BCUT2D eigenvalue weighted by Gasteiger charge is 2.33. The maximum absolute atomic E-state index is 10.6. The van der Waals surface area contributed by atoms with Crippen molar-refractivity contribution in [2.75, 3.05) is 5.75 Å². The van der Waals surface area contributed by atoms with Crippen LogP contribution in [0.4, 0.5) is 0 Å². The van der Waals surface area contributed by atoms with Gasteiger partial charge in [-0.25, -0.2) is 0 Å². The number of hydrogen-bond donors (Lipinski definition) is 2. The molecule has 0 spiro atoms. The molecule has 1 unspecified atom stereocenters. The summed E-state index contributed by atoms with van der Waals surface area (Å²) in [6.45, 7) is 2.13. The van der Waals surface area contributed by atoms with Gasteiger partial charge in [-0.3, -0.25) is 4.55 Å². The maximum atomic E-state index is 10.6. The molecule has 0 amide bonds. The van der Waals surface area contributed by atoms with Gasteiger partial charge < -0.3 is 5.73 Å². The molecule has 0 aliphatic heterocycles. The molecule has 0 heterocycles. The average Bonchev–Trinajstić information content (AvgIpc) is 2.14. The van der Waals surface area contributed by atoms with E-state index in [4.69, 9.17) is 10.3 Å². The second kappa shape index (κ2) is 4.80. The van der Waals surface area contributed by atoms with Crippen molar-refractivity contribution < 1.29 is 13.0 Å². The van der Waals surface area contributed by atoms with Gasteiger partial charge in [-0.1, -0.05) is 26.2 Å². The van der Waals surface area contributed by atoms with E-state index in [1.54, 1.807) is 0 Å². The molecular formula is C10H21NO3S. The van der Waals surface area contributed by atoms with Gasteiger partial charge in [0.1, 0.15) is 0 Å². The van der Waals surface area contributed by atoms with Gasteiger partial charge in [-0.2, -0.15) is 8.42 Å². The molecule has 0 aromatic rings. The molecule has 3 N–H and O–H groups in total. The van der Waals surface area contributed by atoms with E-state index in [9.17, 15) is 8.42 Å². The lowest BCUT2D eigenvalue weighted by molar-refractivity contribution is 0.166. The fourth-order valence-corrected chi connectivity index (χ4v) is 2.91. The Bertz CT molecular complexity index is 294. The molecule has 1 aliphatic rings. The van der Waals surface area contributed by atoms with Crippen LogP contribution in [0.15, 0.2) is 0 Å². The smallest absolute Gasteiger partial charge is 0.264 e. The largest absolute Gasteiger partial charge is 0.327 e. The Morgan fingerprint density at radius 2 is 1.87 bits per heavy atom. The molecule has 0 radical (unpaired) electrons. The van der Waals surface area contributed by atoms with Crippen molar-refractivity contribution >= 4 is 10.1 Å². The fraction of sp³-hybridized carbons (Fsp3) is 1.00. The van der Waals surface area contributed by atoms with Gasteiger partial charge in [0, 0.05) is 6.04 Å². The van der Waals surface area contributed by atoms with Crippen LogP contribution in [-0.2, 0) is 10.1 Å². The van der Waals surface area contributed by atoms with Crippen LogP contribution in [0.1, 0.15) is 45.4 Å². The van der Waals surface area contributed by atoms with Crippen molar-refractivity contribution in [2.45, 2.75) is 51.5 Å². The Hall–Kier alpha value is -0.130. The van der Waals surface area contributed by atoms with E-state index in [1.807, 2.05) is 0 Å². The molecular weight excluding hydrogens is 214 g/mol. The van der Waals surface area contributed by atoms with Gasteiger partial charge in [0.05, 0.1) is 5.75 Å². The zero-order valence-corrected chi connectivity index (χ0v) is 10.1. The standard InChI is InChI=1S/C10H21NO3S/c1-10(6-3-2-4-7-10)9(11)5-8-15(12,13)14/h9H,2-8,11H2,1H3,(H,12,13,14). The van der Waals surface area contributed by atoms with Crippen LogP contribution in [0, 0.1) is 5.41 Å². The fourth-order valence-electron chi connectivity index (χ4n) is 2.35. The highest BCUT2D eigenvalue weighted by molar-refractivity contribution is 7.85. The summed E-state index contributed by atoms with van der Waals surface area (Å²) in [6, 6.07) is -0.125.